The third-order valence-corrected chi connectivity index (χ3v) is 5.63. The van der Waals surface area contributed by atoms with Crippen LogP contribution in [0.4, 0.5) is 4.39 Å². The van der Waals surface area contributed by atoms with Gasteiger partial charge in [0.25, 0.3) is 0 Å². The minimum absolute atomic E-state index is 0.0618. The number of benzene rings is 2. The predicted molar refractivity (Wildman–Crippen MR) is 102 cm³/mol. The topological polar surface area (TPSA) is 36.9 Å². The molecule has 0 saturated carbocycles. The molecule has 1 unspecified atom stereocenters. The molecule has 0 aliphatic carbocycles. The summed E-state index contributed by atoms with van der Waals surface area (Å²) in [5.74, 6) is 0.960. The largest absolute Gasteiger partial charge is 0.497 e. The Balaban J connectivity index is 1.40. The van der Waals surface area contributed by atoms with Gasteiger partial charge in [0, 0.05) is 17.9 Å². The summed E-state index contributed by atoms with van der Waals surface area (Å²) in [6, 6.07) is 12.7. The second-order valence-corrected chi connectivity index (χ2v) is 8.13. The van der Waals surface area contributed by atoms with Crippen molar-refractivity contribution in [2.45, 2.75) is 51.4 Å². The zero-order valence-corrected chi connectivity index (χ0v) is 16.1. The van der Waals surface area contributed by atoms with E-state index in [1.54, 1.807) is 12.1 Å². The molecule has 6 heteroatoms. The van der Waals surface area contributed by atoms with Crippen LogP contribution in [0.1, 0.15) is 33.3 Å². The molecule has 142 valence electrons. The van der Waals surface area contributed by atoms with Crippen molar-refractivity contribution in [3.8, 4) is 11.5 Å². The van der Waals surface area contributed by atoms with E-state index in [2.05, 4.69) is 0 Å². The van der Waals surface area contributed by atoms with Gasteiger partial charge in [-0.3, -0.25) is 0 Å². The van der Waals surface area contributed by atoms with Crippen molar-refractivity contribution >= 4 is 12.6 Å². The summed E-state index contributed by atoms with van der Waals surface area (Å²) < 4.78 is 38.1. The van der Waals surface area contributed by atoms with Crippen molar-refractivity contribution in [1.29, 1.82) is 0 Å². The van der Waals surface area contributed by atoms with Gasteiger partial charge in [0.05, 0.1) is 11.2 Å². The van der Waals surface area contributed by atoms with E-state index < -0.39 is 24.1 Å². The first-order chi connectivity index (χ1) is 12.7. The molecule has 1 saturated heterocycles. The predicted octanol–water partition coefficient (Wildman–Crippen LogP) is 3.51. The van der Waals surface area contributed by atoms with Crippen LogP contribution in [-0.4, -0.2) is 31.0 Å². The lowest BCUT2D eigenvalue weighted by Gasteiger charge is -2.32. The molecule has 1 fully saturated rings. The van der Waals surface area contributed by atoms with Crippen molar-refractivity contribution < 1.29 is 23.2 Å². The maximum atomic E-state index is 14.7. The van der Waals surface area contributed by atoms with E-state index in [0.717, 1.165) is 12.2 Å². The molecule has 0 N–H and O–H groups in total. The fourth-order valence-electron chi connectivity index (χ4n) is 3.29. The lowest BCUT2D eigenvalue weighted by atomic mass is 9.78. The molecule has 0 bridgehead atoms. The molecule has 27 heavy (non-hydrogen) atoms. The molecule has 0 radical (unpaired) electrons. The van der Waals surface area contributed by atoms with Gasteiger partial charge in [-0.25, -0.2) is 4.39 Å². The smallest absolute Gasteiger partial charge is 0.490 e. The second-order valence-electron chi connectivity index (χ2n) is 8.13. The van der Waals surface area contributed by atoms with Gasteiger partial charge in [0.15, 0.2) is 0 Å². The van der Waals surface area contributed by atoms with Gasteiger partial charge in [-0.15, -0.1) is 0 Å². The van der Waals surface area contributed by atoms with Crippen molar-refractivity contribution in [2.75, 3.05) is 6.61 Å². The fraction of sp³-hybridized carbons (Fsp3) is 0.429. The minimum Gasteiger partial charge on any atom is -0.490 e. The van der Waals surface area contributed by atoms with Crippen molar-refractivity contribution in [1.82, 2.24) is 0 Å². The van der Waals surface area contributed by atoms with Crippen LogP contribution in [-0.2, 0) is 15.7 Å². The Morgan fingerprint density at radius 3 is 2.44 bits per heavy atom. The van der Waals surface area contributed by atoms with Crippen LogP contribution in [0.25, 0.3) is 0 Å². The Labute approximate surface area is 159 Å². The summed E-state index contributed by atoms with van der Waals surface area (Å²) in [7, 11) is -0.725. The minimum atomic E-state index is -0.725. The molecule has 2 aromatic carbocycles. The van der Waals surface area contributed by atoms with E-state index >= 15 is 0 Å². The Hall–Kier alpha value is -2.05. The average molecular weight is 370 g/mol. The maximum Gasteiger partial charge on any atom is 0.497 e. The van der Waals surface area contributed by atoms with E-state index in [1.807, 2.05) is 52.0 Å². The quantitative estimate of drug-likeness (QED) is 0.772. The van der Waals surface area contributed by atoms with E-state index in [1.165, 1.54) is 11.6 Å². The first kappa shape index (κ1) is 18.3. The number of hydrogen-bond acceptors (Lipinski definition) is 4. The number of halogens is 1. The van der Waals surface area contributed by atoms with E-state index in [4.69, 9.17) is 18.8 Å². The van der Waals surface area contributed by atoms with Crippen molar-refractivity contribution in [2.24, 2.45) is 0 Å². The summed E-state index contributed by atoms with van der Waals surface area (Å²) in [5, 5.41) is 0. The zero-order valence-electron chi connectivity index (χ0n) is 16.1. The summed E-state index contributed by atoms with van der Waals surface area (Å²) in [6.45, 7) is 8.15. The van der Waals surface area contributed by atoms with Crippen LogP contribution in [0.5, 0.6) is 11.5 Å². The molecule has 2 aliphatic rings. The first-order valence-electron chi connectivity index (χ1n) is 9.28. The van der Waals surface area contributed by atoms with E-state index in [-0.39, 0.29) is 6.10 Å². The van der Waals surface area contributed by atoms with Gasteiger partial charge < -0.3 is 18.8 Å². The van der Waals surface area contributed by atoms with Crippen LogP contribution < -0.4 is 14.9 Å². The Morgan fingerprint density at radius 1 is 1.07 bits per heavy atom. The number of rotatable bonds is 4. The molecule has 4 rings (SSSR count). The SMILES string of the molecule is CC1(C)OB(c2ccc(OCC3Cc4ccccc4O3)cc2F)OC1(C)C. The Morgan fingerprint density at radius 2 is 1.78 bits per heavy atom. The molecule has 0 aromatic heterocycles. The highest BCUT2D eigenvalue weighted by Gasteiger charge is 2.52. The number of para-hydroxylation sites is 1. The normalized spacial score (nSPS) is 22.4. The Bertz CT molecular complexity index is 811. The number of ether oxygens (including phenoxy) is 2. The van der Waals surface area contributed by atoms with Crippen molar-refractivity contribution in [3.63, 3.8) is 0 Å². The van der Waals surface area contributed by atoms with Gasteiger partial charge in [-0.1, -0.05) is 24.3 Å². The summed E-state index contributed by atoms with van der Waals surface area (Å²) in [6.07, 6.45) is 0.734. The highest BCUT2D eigenvalue weighted by Crippen LogP contribution is 2.36. The summed E-state index contributed by atoms with van der Waals surface area (Å²) in [5.41, 5.74) is 0.543. The standard InChI is InChI=1S/C21H24BFO4/c1-20(2)21(3,4)27-22(26-20)17-10-9-15(12-18(17)23)24-13-16-11-14-7-5-6-8-19(14)25-16/h5-10,12,16H,11,13H2,1-4H3. The van der Waals surface area contributed by atoms with Gasteiger partial charge in [0.2, 0.25) is 0 Å². The highest BCUT2D eigenvalue weighted by atomic mass is 19.1. The molecule has 2 heterocycles. The van der Waals surface area contributed by atoms with E-state index in [0.29, 0.717) is 17.8 Å². The fourth-order valence-corrected chi connectivity index (χ4v) is 3.29. The molecule has 4 nitrogen and oxygen atoms in total. The highest BCUT2D eigenvalue weighted by molar-refractivity contribution is 6.62. The van der Waals surface area contributed by atoms with Crippen LogP contribution in [0.15, 0.2) is 42.5 Å². The molecule has 0 amide bonds. The van der Waals surface area contributed by atoms with Crippen LogP contribution >= 0.6 is 0 Å². The van der Waals surface area contributed by atoms with Crippen LogP contribution in [0.2, 0.25) is 0 Å². The van der Waals surface area contributed by atoms with E-state index in [9.17, 15) is 4.39 Å². The zero-order chi connectivity index (χ0) is 19.2. The molecule has 0 spiro atoms. The molecule has 2 aliphatic heterocycles. The molecule has 2 aromatic rings. The monoisotopic (exact) mass is 370 g/mol. The molecular weight excluding hydrogens is 346 g/mol. The molecular formula is C21H24BFO4. The Kier molecular flexibility index (Phi) is 4.43. The van der Waals surface area contributed by atoms with Gasteiger partial charge >= 0.3 is 7.12 Å². The second kappa shape index (κ2) is 6.53. The van der Waals surface area contributed by atoms with Crippen LogP contribution in [0.3, 0.4) is 0 Å². The van der Waals surface area contributed by atoms with Gasteiger partial charge in [-0.2, -0.15) is 0 Å². The summed E-state index contributed by atoms with van der Waals surface area (Å²) >= 11 is 0. The third-order valence-electron chi connectivity index (χ3n) is 5.63. The average Bonchev–Trinajstić information content (AvgIpc) is 3.10. The van der Waals surface area contributed by atoms with Crippen LogP contribution in [0, 0.1) is 5.82 Å². The first-order valence-corrected chi connectivity index (χ1v) is 9.28. The number of hydrogen-bond donors (Lipinski definition) is 0. The summed E-state index contributed by atoms with van der Waals surface area (Å²) in [4.78, 5) is 0. The third kappa shape index (κ3) is 3.44. The van der Waals surface area contributed by atoms with Gasteiger partial charge in [-0.05, 0) is 45.4 Å². The number of fused-ring (bicyclic) bond motifs is 1. The lowest BCUT2D eigenvalue weighted by molar-refractivity contribution is 0.00578. The lowest BCUT2D eigenvalue weighted by Crippen LogP contribution is -2.41. The van der Waals surface area contributed by atoms with Gasteiger partial charge in [0.1, 0.15) is 30.0 Å². The maximum absolute atomic E-state index is 14.7. The molecule has 1 atom stereocenters. The van der Waals surface area contributed by atoms with Crippen molar-refractivity contribution in [3.05, 3.63) is 53.8 Å².